The van der Waals surface area contributed by atoms with Gasteiger partial charge in [-0.1, -0.05) is 0 Å². The number of hydrogen-bond donors (Lipinski definition) is 1. The first-order valence-electron chi connectivity index (χ1n) is 11.6. The Morgan fingerprint density at radius 1 is 1.12 bits per heavy atom. The van der Waals surface area contributed by atoms with Crippen LogP contribution in [0.15, 0.2) is 24.5 Å². The fourth-order valence-corrected chi connectivity index (χ4v) is 4.83. The van der Waals surface area contributed by atoms with Crippen LogP contribution in [0.5, 0.6) is 0 Å². The maximum absolute atomic E-state index is 14.5. The van der Waals surface area contributed by atoms with Gasteiger partial charge >= 0.3 is 0 Å². The number of aromatic nitrogens is 5. The van der Waals surface area contributed by atoms with Crippen LogP contribution >= 0.6 is 0 Å². The van der Waals surface area contributed by atoms with Gasteiger partial charge in [0.05, 0.1) is 24.5 Å². The number of carbonyl (C=O) groups is 2. The van der Waals surface area contributed by atoms with Crippen molar-refractivity contribution in [1.82, 2.24) is 33.9 Å². The van der Waals surface area contributed by atoms with Gasteiger partial charge < -0.3 is 14.9 Å². The number of fused-ring (bicyclic) bond motifs is 2. The largest absolute Gasteiger partial charge is 0.393 e. The number of imidazole rings is 1. The molecule has 0 bridgehead atoms. The molecule has 0 aromatic carbocycles. The summed E-state index contributed by atoms with van der Waals surface area (Å²) < 4.78 is 18.0. The Hall–Kier alpha value is -3.34. The van der Waals surface area contributed by atoms with Crippen molar-refractivity contribution >= 4 is 17.6 Å². The summed E-state index contributed by atoms with van der Waals surface area (Å²) >= 11 is 0. The van der Waals surface area contributed by atoms with Gasteiger partial charge in [0.1, 0.15) is 11.4 Å². The van der Waals surface area contributed by atoms with E-state index in [1.165, 1.54) is 0 Å². The van der Waals surface area contributed by atoms with E-state index in [4.69, 9.17) is 0 Å². The highest BCUT2D eigenvalue weighted by atomic mass is 19.1. The molecule has 2 aliphatic heterocycles. The van der Waals surface area contributed by atoms with Gasteiger partial charge in [0.2, 0.25) is 5.78 Å². The first-order valence-corrected chi connectivity index (χ1v) is 11.6. The Labute approximate surface area is 196 Å². The molecule has 0 radical (unpaired) electrons. The third-order valence-corrected chi connectivity index (χ3v) is 6.75. The third kappa shape index (κ3) is 4.04. The molecule has 5 heterocycles. The Kier molecular flexibility index (Phi) is 5.80. The Morgan fingerprint density at radius 2 is 1.94 bits per heavy atom. The molecule has 180 valence electrons. The summed E-state index contributed by atoms with van der Waals surface area (Å²) in [4.78, 5) is 38.5. The highest BCUT2D eigenvalue weighted by molar-refractivity contribution is 5.95. The van der Waals surface area contributed by atoms with Gasteiger partial charge in [-0.3, -0.25) is 18.7 Å². The van der Waals surface area contributed by atoms with Crippen LogP contribution < -0.4 is 0 Å². The molecule has 1 atom stereocenters. The minimum atomic E-state index is -1.63. The SMILES string of the molecule is Cc1nc2ncccn2c1C(=O)N1CCCn2nc(C(=O)N3CCCC(F)(CO)CC3)cc2C1. The van der Waals surface area contributed by atoms with Crippen molar-refractivity contribution < 1.29 is 19.1 Å². The normalized spacial score (nSPS) is 21.3. The zero-order valence-corrected chi connectivity index (χ0v) is 19.2. The van der Waals surface area contributed by atoms with E-state index < -0.39 is 12.3 Å². The zero-order valence-electron chi connectivity index (χ0n) is 19.2. The summed E-state index contributed by atoms with van der Waals surface area (Å²) in [5, 5.41) is 13.8. The molecule has 0 spiro atoms. The summed E-state index contributed by atoms with van der Waals surface area (Å²) in [5.41, 5.74) is 0.548. The van der Waals surface area contributed by atoms with Gasteiger partial charge in [-0.05, 0) is 38.3 Å². The summed E-state index contributed by atoms with van der Waals surface area (Å²) in [5.74, 6) is 0.0905. The van der Waals surface area contributed by atoms with E-state index >= 15 is 0 Å². The molecule has 11 heteroatoms. The van der Waals surface area contributed by atoms with Crippen molar-refractivity contribution in [2.75, 3.05) is 26.2 Å². The minimum Gasteiger partial charge on any atom is -0.393 e. The van der Waals surface area contributed by atoms with Crippen molar-refractivity contribution in [2.24, 2.45) is 0 Å². The number of amides is 2. The van der Waals surface area contributed by atoms with Crippen molar-refractivity contribution in [3.63, 3.8) is 0 Å². The van der Waals surface area contributed by atoms with Gasteiger partial charge in [-0.2, -0.15) is 5.10 Å². The lowest BCUT2D eigenvalue weighted by Crippen LogP contribution is -2.34. The number of carbonyl (C=O) groups excluding carboxylic acids is 2. The molecule has 1 fully saturated rings. The highest BCUT2D eigenvalue weighted by Crippen LogP contribution is 2.27. The second kappa shape index (κ2) is 8.79. The first kappa shape index (κ1) is 22.5. The predicted molar refractivity (Wildman–Crippen MR) is 120 cm³/mol. The van der Waals surface area contributed by atoms with Gasteiger partial charge in [-0.15, -0.1) is 0 Å². The number of rotatable bonds is 3. The van der Waals surface area contributed by atoms with Gasteiger partial charge in [-0.25, -0.2) is 14.4 Å². The molecule has 1 saturated heterocycles. The Morgan fingerprint density at radius 3 is 2.76 bits per heavy atom. The summed E-state index contributed by atoms with van der Waals surface area (Å²) in [6.45, 7) is 3.42. The van der Waals surface area contributed by atoms with E-state index in [0.717, 1.165) is 5.69 Å². The lowest BCUT2D eigenvalue weighted by atomic mass is 9.98. The molecule has 2 aliphatic rings. The molecule has 2 amide bonds. The molecule has 1 N–H and O–H groups in total. The predicted octanol–water partition coefficient (Wildman–Crippen LogP) is 1.61. The van der Waals surface area contributed by atoms with Crippen molar-refractivity contribution in [3.8, 4) is 0 Å². The quantitative estimate of drug-likeness (QED) is 0.624. The van der Waals surface area contributed by atoms with Crippen LogP contribution in [0.1, 0.15) is 58.0 Å². The monoisotopic (exact) mass is 469 g/mol. The number of aryl methyl sites for hydroxylation is 2. The molecule has 34 heavy (non-hydrogen) atoms. The van der Waals surface area contributed by atoms with Crippen molar-refractivity contribution in [3.05, 3.63) is 47.3 Å². The van der Waals surface area contributed by atoms with Crippen molar-refractivity contribution in [1.29, 1.82) is 0 Å². The standard InChI is InChI=1S/C23H28FN7O3/c1-16-19(30-10-3-7-25-22(30)26-16)21(34)29-9-4-11-31-17(14-29)13-18(27-31)20(33)28-8-2-5-23(24,15-32)6-12-28/h3,7,10,13,32H,2,4-6,8-9,11-12,14-15H2,1H3. The molecule has 0 aliphatic carbocycles. The van der Waals surface area contributed by atoms with E-state index in [9.17, 15) is 19.1 Å². The average Bonchev–Trinajstić information content (AvgIpc) is 3.23. The van der Waals surface area contributed by atoms with Crippen LogP contribution in [0, 0.1) is 6.92 Å². The molecular formula is C23H28FN7O3. The summed E-state index contributed by atoms with van der Waals surface area (Å²) in [7, 11) is 0. The highest BCUT2D eigenvalue weighted by Gasteiger charge is 2.34. The van der Waals surface area contributed by atoms with Crippen LogP contribution in [-0.4, -0.2) is 82.8 Å². The zero-order chi connectivity index (χ0) is 23.9. The number of likely N-dealkylation sites (tertiary alicyclic amines) is 1. The van der Waals surface area contributed by atoms with Crippen molar-refractivity contribution in [2.45, 2.75) is 51.4 Å². The maximum Gasteiger partial charge on any atom is 0.274 e. The van der Waals surface area contributed by atoms with Crippen LogP contribution in [0.25, 0.3) is 5.78 Å². The number of aliphatic hydroxyl groups is 1. The molecule has 5 rings (SSSR count). The number of hydrogen-bond acceptors (Lipinski definition) is 6. The molecular weight excluding hydrogens is 441 g/mol. The lowest BCUT2D eigenvalue weighted by Gasteiger charge is -2.22. The number of halogens is 1. The first-order chi connectivity index (χ1) is 16.4. The number of nitrogens with zero attached hydrogens (tertiary/aromatic N) is 7. The van der Waals surface area contributed by atoms with Crippen LogP contribution in [0.3, 0.4) is 0 Å². The smallest absolute Gasteiger partial charge is 0.274 e. The molecule has 0 saturated carbocycles. The Balaban J connectivity index is 1.35. The third-order valence-electron chi connectivity index (χ3n) is 6.75. The molecule has 10 nitrogen and oxygen atoms in total. The van der Waals surface area contributed by atoms with Gasteiger partial charge in [0.25, 0.3) is 11.8 Å². The van der Waals surface area contributed by atoms with Crippen LogP contribution in [0.4, 0.5) is 4.39 Å². The van der Waals surface area contributed by atoms with E-state index in [-0.39, 0.29) is 31.2 Å². The summed E-state index contributed by atoms with van der Waals surface area (Å²) in [6, 6.07) is 3.49. The topological polar surface area (TPSA) is 109 Å². The molecule has 1 unspecified atom stereocenters. The van der Waals surface area contributed by atoms with Crippen LogP contribution in [-0.2, 0) is 13.1 Å². The van der Waals surface area contributed by atoms with E-state index in [1.54, 1.807) is 50.3 Å². The fraction of sp³-hybridized carbons (Fsp3) is 0.522. The summed E-state index contributed by atoms with van der Waals surface area (Å²) in [6.07, 6.45) is 4.96. The number of alkyl halides is 1. The number of aliphatic hydroxyl groups excluding tert-OH is 1. The lowest BCUT2D eigenvalue weighted by molar-refractivity contribution is 0.0543. The Bertz CT molecular complexity index is 1240. The maximum atomic E-state index is 14.5. The van der Waals surface area contributed by atoms with E-state index in [1.807, 2.05) is 0 Å². The second-order valence-electron chi connectivity index (χ2n) is 9.11. The van der Waals surface area contributed by atoms with Crippen LogP contribution in [0.2, 0.25) is 0 Å². The van der Waals surface area contributed by atoms with Gasteiger partial charge in [0, 0.05) is 45.0 Å². The average molecular weight is 470 g/mol. The van der Waals surface area contributed by atoms with E-state index in [0.29, 0.717) is 61.9 Å². The minimum absolute atomic E-state index is 0.110. The van der Waals surface area contributed by atoms with Gasteiger partial charge in [0.15, 0.2) is 5.69 Å². The van der Waals surface area contributed by atoms with E-state index in [2.05, 4.69) is 15.1 Å². The molecule has 3 aromatic rings. The second-order valence-corrected chi connectivity index (χ2v) is 9.11. The fourth-order valence-electron chi connectivity index (χ4n) is 4.83. The molecule has 3 aromatic heterocycles.